The topological polar surface area (TPSA) is 119 Å². The number of carbonyl (C=O) groups excluding carboxylic acids is 2. The molecule has 2 heterocycles. The van der Waals surface area contributed by atoms with Crippen molar-refractivity contribution in [2.75, 3.05) is 12.3 Å². The molecule has 0 saturated heterocycles. The maximum Gasteiger partial charge on any atom is 0.245 e. The lowest BCUT2D eigenvalue weighted by Crippen LogP contribution is -2.43. The number of carbonyl (C=O) groups is 2. The largest absolute Gasteiger partial charge is 0.383 e. The third-order valence-electron chi connectivity index (χ3n) is 4.88. The van der Waals surface area contributed by atoms with Gasteiger partial charge in [0.05, 0.1) is 23.2 Å². The molecule has 156 valence electrons. The van der Waals surface area contributed by atoms with E-state index in [4.69, 9.17) is 17.3 Å². The van der Waals surface area contributed by atoms with Crippen LogP contribution in [-0.2, 0) is 22.7 Å². The lowest BCUT2D eigenvalue weighted by atomic mass is 10.2. The third kappa shape index (κ3) is 4.18. The molecule has 1 fully saturated rings. The Kier molecular flexibility index (Phi) is 5.49. The number of amides is 2. The zero-order valence-electron chi connectivity index (χ0n) is 15.9. The van der Waals surface area contributed by atoms with Crippen LogP contribution in [0.4, 0.5) is 10.2 Å². The summed E-state index contributed by atoms with van der Waals surface area (Å²) in [5, 5.41) is 7.36. The van der Waals surface area contributed by atoms with E-state index in [9.17, 15) is 14.0 Å². The average Bonchev–Trinajstić information content (AvgIpc) is 3.48. The van der Waals surface area contributed by atoms with Crippen LogP contribution < -0.4 is 11.1 Å². The van der Waals surface area contributed by atoms with Crippen LogP contribution in [0.15, 0.2) is 30.7 Å². The summed E-state index contributed by atoms with van der Waals surface area (Å²) in [5.41, 5.74) is 6.53. The van der Waals surface area contributed by atoms with Crippen LogP contribution in [0.3, 0.4) is 0 Å². The summed E-state index contributed by atoms with van der Waals surface area (Å²) >= 11 is 5.76. The Morgan fingerprint density at radius 1 is 1.33 bits per heavy atom. The summed E-state index contributed by atoms with van der Waals surface area (Å²) in [4.78, 5) is 34.8. The molecule has 1 aromatic carbocycles. The molecule has 0 bridgehead atoms. The molecule has 0 unspecified atom stereocenters. The smallest absolute Gasteiger partial charge is 0.245 e. The predicted molar refractivity (Wildman–Crippen MR) is 108 cm³/mol. The molecule has 3 N–H and O–H groups in total. The van der Waals surface area contributed by atoms with Crippen LogP contribution in [-0.4, -0.2) is 49.0 Å². The van der Waals surface area contributed by atoms with Gasteiger partial charge in [-0.05, 0) is 18.9 Å². The highest BCUT2D eigenvalue weighted by Gasteiger charge is 2.34. The van der Waals surface area contributed by atoms with Gasteiger partial charge in [0.1, 0.15) is 24.5 Å². The van der Waals surface area contributed by atoms with Crippen molar-refractivity contribution in [2.45, 2.75) is 32.0 Å². The number of fused-ring (bicyclic) bond motifs is 1. The van der Waals surface area contributed by atoms with Gasteiger partial charge in [0.25, 0.3) is 0 Å². The molecular formula is C19H19ClFN7O2. The van der Waals surface area contributed by atoms with Gasteiger partial charge in [-0.15, -0.1) is 0 Å². The molecule has 1 saturated carbocycles. The molecule has 2 amide bonds. The molecule has 3 aromatic rings. The van der Waals surface area contributed by atoms with Crippen molar-refractivity contribution >= 4 is 40.3 Å². The van der Waals surface area contributed by atoms with Crippen LogP contribution in [0, 0.1) is 5.82 Å². The van der Waals surface area contributed by atoms with Crippen LogP contribution in [0.2, 0.25) is 5.02 Å². The number of hydrogen-bond donors (Lipinski definition) is 2. The molecule has 0 aliphatic heterocycles. The number of nitrogens with two attached hydrogens (primary N) is 1. The van der Waals surface area contributed by atoms with Crippen molar-refractivity contribution in [2.24, 2.45) is 0 Å². The van der Waals surface area contributed by atoms with Gasteiger partial charge in [0.2, 0.25) is 11.8 Å². The van der Waals surface area contributed by atoms with Gasteiger partial charge in [-0.3, -0.25) is 9.59 Å². The fourth-order valence-corrected chi connectivity index (χ4v) is 3.34. The summed E-state index contributed by atoms with van der Waals surface area (Å²) in [6.07, 6.45) is 4.47. The van der Waals surface area contributed by atoms with E-state index < -0.39 is 5.82 Å². The Labute approximate surface area is 176 Å². The van der Waals surface area contributed by atoms with Crippen molar-refractivity contribution in [1.29, 1.82) is 0 Å². The van der Waals surface area contributed by atoms with Crippen molar-refractivity contribution in [3.05, 3.63) is 47.1 Å². The minimum absolute atomic E-state index is 0.00701. The van der Waals surface area contributed by atoms with Crippen molar-refractivity contribution in [1.82, 2.24) is 30.0 Å². The fourth-order valence-electron chi connectivity index (χ4n) is 3.14. The highest BCUT2D eigenvalue weighted by molar-refractivity contribution is 6.30. The van der Waals surface area contributed by atoms with E-state index in [1.54, 1.807) is 12.1 Å². The first-order valence-electron chi connectivity index (χ1n) is 9.35. The van der Waals surface area contributed by atoms with E-state index in [-0.39, 0.29) is 53.9 Å². The lowest BCUT2D eigenvalue weighted by Gasteiger charge is -2.22. The maximum atomic E-state index is 14.0. The molecule has 4 rings (SSSR count). The van der Waals surface area contributed by atoms with Gasteiger partial charge in [-0.1, -0.05) is 23.7 Å². The summed E-state index contributed by atoms with van der Waals surface area (Å²) in [5.74, 6) is -0.929. The average molecular weight is 432 g/mol. The molecule has 2 aromatic heterocycles. The zero-order chi connectivity index (χ0) is 21.3. The van der Waals surface area contributed by atoms with Crippen LogP contribution in [0.25, 0.3) is 11.0 Å². The summed E-state index contributed by atoms with van der Waals surface area (Å²) in [6, 6.07) is 4.60. The normalized spacial score (nSPS) is 13.4. The van der Waals surface area contributed by atoms with Crippen molar-refractivity contribution in [3.63, 3.8) is 0 Å². The number of nitrogen functional groups attached to an aromatic ring is 1. The second-order valence-corrected chi connectivity index (χ2v) is 7.45. The summed E-state index contributed by atoms with van der Waals surface area (Å²) in [6.45, 7) is -0.216. The number of hydrogen-bond acceptors (Lipinski definition) is 6. The van der Waals surface area contributed by atoms with Crippen molar-refractivity contribution in [3.8, 4) is 0 Å². The first-order chi connectivity index (χ1) is 14.4. The van der Waals surface area contributed by atoms with Crippen LogP contribution >= 0.6 is 11.6 Å². The van der Waals surface area contributed by atoms with Gasteiger partial charge in [0, 0.05) is 18.2 Å². The molecule has 11 heteroatoms. The van der Waals surface area contributed by atoms with Gasteiger partial charge in [0.15, 0.2) is 5.65 Å². The Bertz CT molecular complexity index is 1120. The fraction of sp³-hybridized carbons (Fsp3) is 0.316. The Morgan fingerprint density at radius 2 is 2.13 bits per heavy atom. The molecule has 0 spiro atoms. The van der Waals surface area contributed by atoms with E-state index in [1.165, 1.54) is 28.2 Å². The second kappa shape index (κ2) is 8.23. The minimum Gasteiger partial charge on any atom is -0.383 e. The summed E-state index contributed by atoms with van der Waals surface area (Å²) in [7, 11) is 0. The van der Waals surface area contributed by atoms with Gasteiger partial charge >= 0.3 is 0 Å². The third-order valence-corrected chi connectivity index (χ3v) is 5.17. The quantitative estimate of drug-likeness (QED) is 0.585. The predicted octanol–water partition coefficient (Wildman–Crippen LogP) is 1.51. The van der Waals surface area contributed by atoms with Gasteiger partial charge in [-0.25, -0.2) is 19.0 Å². The SMILES string of the molecule is Nc1ncnc2c1cnn2CC(=O)N(CC(=O)NCc1cccc(Cl)c1F)C1CC1. The molecule has 30 heavy (non-hydrogen) atoms. The standard InChI is InChI=1S/C19H19ClFN7O2/c20-14-3-1-2-11(17(14)21)6-23-15(29)8-27(12-4-5-12)16(30)9-28-19-13(7-26-28)18(22)24-10-25-19/h1-3,7,10,12H,4-6,8-9H2,(H,23,29)(H2,22,24,25). The highest BCUT2D eigenvalue weighted by Crippen LogP contribution is 2.27. The van der Waals surface area contributed by atoms with E-state index >= 15 is 0 Å². The van der Waals surface area contributed by atoms with E-state index in [0.717, 1.165) is 12.8 Å². The highest BCUT2D eigenvalue weighted by atomic mass is 35.5. The number of benzene rings is 1. The van der Waals surface area contributed by atoms with Crippen LogP contribution in [0.1, 0.15) is 18.4 Å². The van der Waals surface area contributed by atoms with Crippen molar-refractivity contribution < 1.29 is 14.0 Å². The second-order valence-electron chi connectivity index (χ2n) is 7.04. The van der Waals surface area contributed by atoms with Gasteiger partial charge < -0.3 is 16.0 Å². The number of rotatable bonds is 7. The molecule has 0 radical (unpaired) electrons. The monoisotopic (exact) mass is 431 g/mol. The Balaban J connectivity index is 1.41. The van der Waals surface area contributed by atoms with Crippen LogP contribution in [0.5, 0.6) is 0 Å². The minimum atomic E-state index is -0.568. The number of aromatic nitrogens is 4. The van der Waals surface area contributed by atoms with Gasteiger partial charge in [-0.2, -0.15) is 5.10 Å². The first-order valence-corrected chi connectivity index (χ1v) is 9.73. The number of halogens is 2. The lowest BCUT2D eigenvalue weighted by molar-refractivity contribution is -0.137. The Hall–Kier alpha value is -3.27. The Morgan fingerprint density at radius 3 is 2.90 bits per heavy atom. The molecule has 0 atom stereocenters. The number of anilines is 1. The van der Waals surface area contributed by atoms with E-state index in [1.807, 2.05) is 0 Å². The van der Waals surface area contributed by atoms with E-state index in [0.29, 0.717) is 11.0 Å². The zero-order valence-corrected chi connectivity index (χ0v) is 16.6. The number of nitrogens with zero attached hydrogens (tertiary/aromatic N) is 5. The number of nitrogens with one attached hydrogen (secondary N) is 1. The maximum absolute atomic E-state index is 14.0. The molecular weight excluding hydrogens is 413 g/mol. The molecule has 1 aliphatic carbocycles. The summed E-state index contributed by atoms with van der Waals surface area (Å²) < 4.78 is 15.4. The van der Waals surface area contributed by atoms with E-state index in [2.05, 4.69) is 20.4 Å². The molecule has 9 nitrogen and oxygen atoms in total. The first kappa shape index (κ1) is 20.0. The molecule has 1 aliphatic rings.